The standard InChI is InChI=1S/C20H30F2N2O5S/c1-20(21,22)11-7-15-3-5-16(6-4-15)17-8-12-24(13-9-17)30(27,28)18(10-14-29-2)19(25)23-26/h3-6,17-18,26H,7-14H2,1-2H3,(H,23,25). The van der Waals surface area contributed by atoms with E-state index in [1.165, 1.54) is 16.9 Å². The minimum Gasteiger partial charge on any atom is -0.385 e. The van der Waals surface area contributed by atoms with Gasteiger partial charge in [0, 0.05) is 33.2 Å². The molecule has 1 aliphatic rings. The van der Waals surface area contributed by atoms with E-state index in [-0.39, 0.29) is 38.5 Å². The summed E-state index contributed by atoms with van der Waals surface area (Å²) in [5, 5.41) is 7.49. The van der Waals surface area contributed by atoms with Gasteiger partial charge in [-0.2, -0.15) is 0 Å². The van der Waals surface area contributed by atoms with Crippen LogP contribution in [-0.2, 0) is 26.0 Å². The Labute approximate surface area is 176 Å². The highest BCUT2D eigenvalue weighted by atomic mass is 32.2. The Balaban J connectivity index is 1.98. The first-order valence-electron chi connectivity index (χ1n) is 9.97. The second-order valence-electron chi connectivity index (χ2n) is 7.78. The summed E-state index contributed by atoms with van der Waals surface area (Å²) in [7, 11) is -2.52. The summed E-state index contributed by atoms with van der Waals surface area (Å²) < 4.78 is 57.9. The van der Waals surface area contributed by atoms with Crippen molar-refractivity contribution < 1.29 is 31.9 Å². The number of benzene rings is 1. The van der Waals surface area contributed by atoms with E-state index in [9.17, 15) is 22.0 Å². The fraction of sp³-hybridized carbons (Fsp3) is 0.650. The molecule has 1 aliphatic heterocycles. The summed E-state index contributed by atoms with van der Waals surface area (Å²) >= 11 is 0. The van der Waals surface area contributed by atoms with Gasteiger partial charge in [0.25, 0.3) is 5.91 Å². The van der Waals surface area contributed by atoms with Crippen LogP contribution in [0.15, 0.2) is 24.3 Å². The predicted molar refractivity (Wildman–Crippen MR) is 108 cm³/mol. The van der Waals surface area contributed by atoms with Crippen molar-refractivity contribution >= 4 is 15.9 Å². The van der Waals surface area contributed by atoms with E-state index in [2.05, 4.69) is 0 Å². The number of hydrogen-bond donors (Lipinski definition) is 2. The van der Waals surface area contributed by atoms with Gasteiger partial charge in [0.05, 0.1) is 0 Å². The van der Waals surface area contributed by atoms with Crippen molar-refractivity contribution in [3.05, 3.63) is 35.4 Å². The van der Waals surface area contributed by atoms with Gasteiger partial charge in [-0.05, 0) is 49.7 Å². The van der Waals surface area contributed by atoms with Gasteiger partial charge in [0.1, 0.15) is 0 Å². The molecule has 1 unspecified atom stereocenters. The monoisotopic (exact) mass is 448 g/mol. The zero-order valence-corrected chi connectivity index (χ0v) is 18.1. The van der Waals surface area contributed by atoms with Crippen molar-refractivity contribution in [1.82, 2.24) is 9.79 Å². The molecule has 170 valence electrons. The summed E-state index contributed by atoms with van der Waals surface area (Å²) in [4.78, 5) is 11.9. The predicted octanol–water partition coefficient (Wildman–Crippen LogP) is 2.69. The summed E-state index contributed by atoms with van der Waals surface area (Å²) in [5.74, 6) is -3.50. The molecule has 10 heteroatoms. The van der Waals surface area contributed by atoms with Gasteiger partial charge in [-0.1, -0.05) is 24.3 Å². The Hall–Kier alpha value is -1.62. The molecule has 1 amide bonds. The quantitative estimate of drug-likeness (QED) is 0.424. The van der Waals surface area contributed by atoms with E-state index in [4.69, 9.17) is 9.94 Å². The van der Waals surface area contributed by atoms with Gasteiger partial charge < -0.3 is 4.74 Å². The molecule has 0 radical (unpaired) electrons. The second-order valence-corrected chi connectivity index (χ2v) is 9.89. The van der Waals surface area contributed by atoms with Gasteiger partial charge in [-0.15, -0.1) is 0 Å². The number of piperidine rings is 1. The van der Waals surface area contributed by atoms with Gasteiger partial charge in [-0.25, -0.2) is 27.0 Å². The van der Waals surface area contributed by atoms with E-state index in [0.29, 0.717) is 19.3 Å². The summed E-state index contributed by atoms with van der Waals surface area (Å²) in [6.45, 7) is 1.51. The van der Waals surface area contributed by atoms with Crippen LogP contribution in [0.25, 0.3) is 0 Å². The zero-order valence-electron chi connectivity index (χ0n) is 17.3. The number of ether oxygens (including phenoxy) is 1. The lowest BCUT2D eigenvalue weighted by Gasteiger charge is -2.33. The number of nitrogens with one attached hydrogen (secondary N) is 1. The molecule has 1 aromatic rings. The second kappa shape index (κ2) is 10.6. The zero-order chi connectivity index (χ0) is 22.4. The number of hydroxylamine groups is 1. The van der Waals surface area contributed by atoms with Crippen molar-refractivity contribution in [3.8, 4) is 0 Å². The van der Waals surface area contributed by atoms with Crippen LogP contribution < -0.4 is 5.48 Å². The molecule has 0 spiro atoms. The molecule has 2 rings (SSSR count). The lowest BCUT2D eigenvalue weighted by Crippen LogP contribution is -2.49. The fourth-order valence-corrected chi connectivity index (χ4v) is 5.45. The van der Waals surface area contributed by atoms with Crippen LogP contribution in [-0.4, -0.2) is 61.8 Å². The Kier molecular flexibility index (Phi) is 8.72. The SMILES string of the molecule is COCCC(C(=O)NO)S(=O)(=O)N1CCC(c2ccc(CCC(C)(F)F)cc2)CC1. The lowest BCUT2D eigenvalue weighted by molar-refractivity contribution is -0.129. The molecule has 1 atom stereocenters. The molecule has 0 aromatic heterocycles. The maximum atomic E-state index is 13.0. The highest BCUT2D eigenvalue weighted by molar-refractivity contribution is 7.90. The minimum atomic E-state index is -3.93. The topological polar surface area (TPSA) is 95.9 Å². The maximum Gasteiger partial charge on any atom is 0.263 e. The first-order chi connectivity index (χ1) is 14.1. The molecule has 0 aliphatic carbocycles. The van der Waals surface area contributed by atoms with Gasteiger partial charge in [0.2, 0.25) is 15.9 Å². The number of sulfonamides is 1. The van der Waals surface area contributed by atoms with Crippen LogP contribution in [0.2, 0.25) is 0 Å². The molecule has 1 aromatic carbocycles. The van der Waals surface area contributed by atoms with Crippen LogP contribution in [0.4, 0.5) is 8.78 Å². The first-order valence-corrected chi connectivity index (χ1v) is 11.5. The molecule has 1 heterocycles. The van der Waals surface area contributed by atoms with Crippen LogP contribution in [0, 0.1) is 0 Å². The molecule has 1 saturated heterocycles. The molecular formula is C20H30F2N2O5S. The lowest BCUT2D eigenvalue weighted by atomic mass is 9.89. The summed E-state index contributed by atoms with van der Waals surface area (Å²) in [6.07, 6.45) is 1.22. The number of hydrogen-bond acceptors (Lipinski definition) is 5. The number of alkyl halides is 2. The van der Waals surface area contributed by atoms with Crippen molar-refractivity contribution in [2.24, 2.45) is 0 Å². The van der Waals surface area contributed by atoms with Crippen LogP contribution in [0.5, 0.6) is 0 Å². The third kappa shape index (κ3) is 6.69. The summed E-state index contributed by atoms with van der Waals surface area (Å²) in [6, 6.07) is 7.52. The molecule has 2 N–H and O–H groups in total. The third-order valence-electron chi connectivity index (χ3n) is 5.46. The maximum absolute atomic E-state index is 13.0. The average molecular weight is 449 g/mol. The summed E-state index contributed by atoms with van der Waals surface area (Å²) in [5.41, 5.74) is 3.32. The molecule has 30 heavy (non-hydrogen) atoms. The van der Waals surface area contributed by atoms with Crippen molar-refractivity contribution in [2.75, 3.05) is 26.8 Å². The number of aryl methyl sites for hydroxylation is 1. The highest BCUT2D eigenvalue weighted by Gasteiger charge is 2.39. The smallest absolute Gasteiger partial charge is 0.263 e. The normalized spacial score (nSPS) is 17.6. The van der Waals surface area contributed by atoms with Gasteiger partial charge in [-0.3, -0.25) is 10.0 Å². The van der Waals surface area contributed by atoms with Crippen LogP contribution >= 0.6 is 0 Å². The Morgan fingerprint density at radius 1 is 1.30 bits per heavy atom. The van der Waals surface area contributed by atoms with E-state index in [1.807, 2.05) is 24.3 Å². The Morgan fingerprint density at radius 2 is 1.90 bits per heavy atom. The molecule has 7 nitrogen and oxygen atoms in total. The van der Waals surface area contributed by atoms with E-state index >= 15 is 0 Å². The third-order valence-corrected chi connectivity index (χ3v) is 7.72. The number of halogens is 2. The minimum absolute atomic E-state index is 0.0522. The van der Waals surface area contributed by atoms with Crippen LogP contribution in [0.3, 0.4) is 0 Å². The number of carbonyl (C=O) groups is 1. The fourth-order valence-electron chi connectivity index (χ4n) is 3.66. The van der Waals surface area contributed by atoms with E-state index in [0.717, 1.165) is 18.1 Å². The number of nitrogens with zero attached hydrogens (tertiary/aromatic N) is 1. The van der Waals surface area contributed by atoms with Crippen molar-refractivity contribution in [1.29, 1.82) is 0 Å². The Bertz CT molecular complexity index is 788. The largest absolute Gasteiger partial charge is 0.385 e. The Morgan fingerprint density at radius 3 is 2.40 bits per heavy atom. The van der Waals surface area contributed by atoms with E-state index in [1.54, 1.807) is 0 Å². The number of methoxy groups -OCH3 is 1. The van der Waals surface area contributed by atoms with Crippen molar-refractivity contribution in [2.45, 2.75) is 56.1 Å². The molecule has 0 saturated carbocycles. The number of amides is 1. The number of rotatable bonds is 10. The van der Waals surface area contributed by atoms with Crippen LogP contribution in [0.1, 0.15) is 49.7 Å². The van der Waals surface area contributed by atoms with Gasteiger partial charge >= 0.3 is 0 Å². The van der Waals surface area contributed by atoms with E-state index < -0.39 is 27.1 Å². The highest BCUT2D eigenvalue weighted by Crippen LogP contribution is 2.31. The van der Waals surface area contributed by atoms with Crippen molar-refractivity contribution in [3.63, 3.8) is 0 Å². The average Bonchev–Trinajstić information content (AvgIpc) is 2.72. The number of carbonyl (C=O) groups excluding carboxylic acids is 1. The molecule has 0 bridgehead atoms. The molecule has 1 fully saturated rings. The first kappa shape index (κ1) is 24.6. The molecular weight excluding hydrogens is 418 g/mol. The van der Waals surface area contributed by atoms with Gasteiger partial charge in [0.15, 0.2) is 5.25 Å².